The lowest BCUT2D eigenvalue weighted by molar-refractivity contribution is -0.140. The summed E-state index contributed by atoms with van der Waals surface area (Å²) in [6.45, 7) is 4.24. The van der Waals surface area contributed by atoms with E-state index in [0.29, 0.717) is 25.8 Å². The van der Waals surface area contributed by atoms with Gasteiger partial charge in [-0.3, -0.25) is 29.0 Å². The molecule has 1 fully saturated rings. The van der Waals surface area contributed by atoms with Crippen LogP contribution in [0.15, 0.2) is 47.6 Å². The minimum atomic E-state index is -1.30. The molecule has 4 atom stereocenters. The first-order chi connectivity index (χ1) is 20.5. The predicted octanol–water partition coefficient (Wildman–Crippen LogP) is -2.06. The number of carbonyl (C=O) groups is 5. The van der Waals surface area contributed by atoms with Gasteiger partial charge in [0.1, 0.15) is 24.2 Å². The molecule has 1 aliphatic heterocycles. The minimum Gasteiger partial charge on any atom is -0.481 e. The van der Waals surface area contributed by atoms with Crippen LogP contribution in [-0.2, 0) is 30.4 Å². The number of carbonyl (C=O) groups excluding carboxylic acids is 4. The van der Waals surface area contributed by atoms with Crippen LogP contribution in [-0.4, -0.2) is 84.5 Å². The number of carboxylic acids is 1. The van der Waals surface area contributed by atoms with Gasteiger partial charge in [0.05, 0.1) is 13.0 Å². The second-order valence-electron chi connectivity index (χ2n) is 10.2. The summed E-state index contributed by atoms with van der Waals surface area (Å²) in [4.78, 5) is 68.9. The molecule has 0 bridgehead atoms. The largest absolute Gasteiger partial charge is 0.481 e. The van der Waals surface area contributed by atoms with Crippen molar-refractivity contribution < 1.29 is 29.1 Å². The zero-order valence-corrected chi connectivity index (χ0v) is 24.1. The summed E-state index contributed by atoms with van der Waals surface area (Å²) in [5.74, 6) is -3.92. The van der Waals surface area contributed by atoms with Crippen molar-refractivity contribution in [2.45, 2.75) is 69.1 Å². The van der Waals surface area contributed by atoms with Gasteiger partial charge in [-0.2, -0.15) is 0 Å². The van der Waals surface area contributed by atoms with Gasteiger partial charge >= 0.3 is 5.97 Å². The maximum atomic E-state index is 13.6. The Morgan fingerprint density at radius 1 is 0.837 bits per heavy atom. The number of nitrogens with zero attached hydrogens (tertiary/aromatic N) is 1. The molecule has 1 aromatic rings. The second kappa shape index (κ2) is 18.0. The van der Waals surface area contributed by atoms with Crippen molar-refractivity contribution in [3.8, 4) is 0 Å². The number of nitrogens with one attached hydrogen (secondary N) is 5. The third-order valence-corrected chi connectivity index (χ3v) is 6.62. The molecule has 1 aromatic carbocycles. The Morgan fingerprint density at radius 2 is 1.42 bits per heavy atom. The number of guanidine groups is 1. The molecule has 43 heavy (non-hydrogen) atoms. The molecule has 1 unspecified atom stereocenters. The van der Waals surface area contributed by atoms with Crippen molar-refractivity contribution >= 4 is 35.6 Å². The molecular weight excluding hydrogens is 558 g/mol. The Kier molecular flexibility index (Phi) is 14.5. The van der Waals surface area contributed by atoms with Gasteiger partial charge in [0.25, 0.3) is 0 Å². The smallest absolute Gasteiger partial charge is 0.305 e. The number of amides is 4. The van der Waals surface area contributed by atoms with Crippen LogP contribution in [0, 0.1) is 0 Å². The summed E-state index contributed by atoms with van der Waals surface area (Å²) in [5, 5.41) is 22.9. The van der Waals surface area contributed by atoms with Gasteiger partial charge in [0, 0.05) is 18.7 Å². The SMILES string of the molecule is C=C1CNC(=O)C(CCCN=C(N)N)NC(=O)[C@H](CCCCN)NC(=O)[C@H](Cc2ccccc2)NC(=O)[C@@H](CC(=O)O)N1. The highest BCUT2D eigenvalue weighted by Gasteiger charge is 2.32. The van der Waals surface area contributed by atoms with Crippen molar-refractivity contribution in [1.82, 2.24) is 26.6 Å². The summed E-state index contributed by atoms with van der Waals surface area (Å²) >= 11 is 0. The van der Waals surface area contributed by atoms with Crippen molar-refractivity contribution in [3.05, 3.63) is 48.2 Å². The average Bonchev–Trinajstić information content (AvgIpc) is 2.95. The zero-order valence-electron chi connectivity index (χ0n) is 24.1. The van der Waals surface area contributed by atoms with E-state index in [1.54, 1.807) is 30.3 Å². The van der Waals surface area contributed by atoms with Crippen LogP contribution in [0.3, 0.4) is 0 Å². The lowest BCUT2D eigenvalue weighted by Crippen LogP contribution is -2.58. The third kappa shape index (κ3) is 12.8. The number of unbranched alkanes of at least 4 members (excludes halogenated alkanes) is 1. The molecule has 2 rings (SSSR count). The Hall–Kier alpha value is -4.66. The minimum absolute atomic E-state index is 0.0732. The van der Waals surface area contributed by atoms with E-state index in [1.807, 2.05) is 0 Å². The summed E-state index contributed by atoms with van der Waals surface area (Å²) in [6, 6.07) is 4.41. The summed E-state index contributed by atoms with van der Waals surface area (Å²) in [7, 11) is 0. The Labute approximate surface area is 250 Å². The third-order valence-electron chi connectivity index (χ3n) is 6.62. The van der Waals surface area contributed by atoms with E-state index in [2.05, 4.69) is 38.2 Å². The van der Waals surface area contributed by atoms with E-state index in [9.17, 15) is 29.1 Å². The Balaban J connectivity index is 2.44. The van der Waals surface area contributed by atoms with Crippen molar-refractivity contribution in [3.63, 3.8) is 0 Å². The van der Waals surface area contributed by atoms with Crippen LogP contribution in [0.2, 0.25) is 0 Å². The summed E-state index contributed by atoms with van der Waals surface area (Å²) in [5.41, 5.74) is 17.3. The molecule has 0 aliphatic carbocycles. The first-order valence-electron chi connectivity index (χ1n) is 14.1. The van der Waals surface area contributed by atoms with Crippen LogP contribution in [0.1, 0.15) is 44.1 Å². The number of aliphatic carboxylic acids is 1. The van der Waals surface area contributed by atoms with Crippen LogP contribution < -0.4 is 43.8 Å². The molecule has 1 heterocycles. The van der Waals surface area contributed by atoms with Crippen molar-refractivity contribution in [1.29, 1.82) is 0 Å². The highest BCUT2D eigenvalue weighted by Crippen LogP contribution is 2.09. The first-order valence-corrected chi connectivity index (χ1v) is 14.1. The standard InChI is InChI=1S/C28H43N9O6/c1-17-16-33-24(40)19(11-7-13-32-28(30)31)35-25(41)20(10-5-6-12-29)36-26(42)21(14-18-8-3-2-4-9-18)37-27(43)22(34-17)15-23(38)39/h2-4,8-9,19-22,34H,1,5-7,10-16,29H2,(H,33,40)(H,35,41)(H,36,42)(H,37,43)(H,38,39)(H4,30,31,32)/t19?,20-,21-,22+/m0/s1. The van der Waals surface area contributed by atoms with E-state index < -0.39 is 60.2 Å². The van der Waals surface area contributed by atoms with E-state index in [4.69, 9.17) is 17.2 Å². The fourth-order valence-corrected chi connectivity index (χ4v) is 4.41. The number of hydrogen-bond acceptors (Lipinski definition) is 8. The van der Waals surface area contributed by atoms with Gasteiger partial charge in [0.15, 0.2) is 5.96 Å². The molecule has 0 radical (unpaired) electrons. The maximum absolute atomic E-state index is 13.6. The van der Waals surface area contributed by atoms with E-state index in [0.717, 1.165) is 5.56 Å². The van der Waals surface area contributed by atoms with Crippen molar-refractivity contribution in [2.75, 3.05) is 19.6 Å². The van der Waals surface area contributed by atoms with Crippen LogP contribution in [0.25, 0.3) is 0 Å². The van der Waals surface area contributed by atoms with Crippen LogP contribution in [0.5, 0.6) is 0 Å². The number of aliphatic imine (C=N–C) groups is 1. The topological polar surface area (TPSA) is 256 Å². The molecule has 12 N–H and O–H groups in total. The van der Waals surface area contributed by atoms with Gasteiger partial charge in [-0.1, -0.05) is 36.9 Å². The fraction of sp³-hybridized carbons (Fsp3) is 0.500. The predicted molar refractivity (Wildman–Crippen MR) is 160 cm³/mol. The maximum Gasteiger partial charge on any atom is 0.305 e. The molecule has 1 saturated heterocycles. The number of carboxylic acid groups (broad SMARTS) is 1. The molecule has 15 heteroatoms. The average molecular weight is 602 g/mol. The van der Waals surface area contributed by atoms with Crippen LogP contribution >= 0.6 is 0 Å². The number of benzene rings is 1. The zero-order chi connectivity index (χ0) is 31.8. The highest BCUT2D eigenvalue weighted by atomic mass is 16.4. The quantitative estimate of drug-likeness (QED) is 0.0719. The van der Waals surface area contributed by atoms with Crippen LogP contribution in [0.4, 0.5) is 0 Å². The molecule has 0 saturated carbocycles. The first kappa shape index (κ1) is 34.5. The molecule has 15 nitrogen and oxygen atoms in total. The van der Waals surface area contributed by atoms with Gasteiger partial charge in [-0.25, -0.2) is 0 Å². The Bertz CT molecular complexity index is 1160. The van der Waals surface area contributed by atoms with E-state index >= 15 is 0 Å². The molecular formula is C28H43N9O6. The van der Waals surface area contributed by atoms with Gasteiger partial charge < -0.3 is 48.9 Å². The molecule has 0 aromatic heterocycles. The van der Waals surface area contributed by atoms with Gasteiger partial charge in [0.2, 0.25) is 23.6 Å². The fourth-order valence-electron chi connectivity index (χ4n) is 4.41. The normalized spacial score (nSPS) is 22.0. The monoisotopic (exact) mass is 601 g/mol. The Morgan fingerprint density at radius 3 is 2.05 bits per heavy atom. The molecule has 236 valence electrons. The van der Waals surface area contributed by atoms with Crippen molar-refractivity contribution in [2.24, 2.45) is 22.2 Å². The number of hydrogen-bond donors (Lipinski definition) is 9. The highest BCUT2D eigenvalue weighted by molar-refractivity contribution is 5.95. The van der Waals surface area contributed by atoms with Gasteiger partial charge in [-0.15, -0.1) is 0 Å². The molecule has 1 aliphatic rings. The lowest BCUT2D eigenvalue weighted by Gasteiger charge is -2.26. The lowest BCUT2D eigenvalue weighted by atomic mass is 10.0. The second-order valence-corrected chi connectivity index (χ2v) is 10.2. The summed E-state index contributed by atoms with van der Waals surface area (Å²) in [6.07, 6.45) is 1.32. The number of rotatable bonds is 12. The molecule has 0 spiro atoms. The van der Waals surface area contributed by atoms with E-state index in [1.165, 1.54) is 0 Å². The molecule has 4 amide bonds. The number of nitrogens with two attached hydrogens (primary N) is 3. The summed E-state index contributed by atoms with van der Waals surface area (Å²) < 4.78 is 0. The van der Waals surface area contributed by atoms with E-state index in [-0.39, 0.29) is 44.0 Å². The van der Waals surface area contributed by atoms with Gasteiger partial charge in [-0.05, 0) is 44.2 Å².